The van der Waals surface area contributed by atoms with Crippen molar-refractivity contribution < 1.29 is 18.9 Å². The number of nitrogens with zero attached hydrogens (tertiary/aromatic N) is 1. The number of carbonyl (C=O) groups is 2. The molecule has 7 heteroatoms. The summed E-state index contributed by atoms with van der Waals surface area (Å²) in [5, 5.41) is 4.69. The summed E-state index contributed by atoms with van der Waals surface area (Å²) < 4.78 is 12.9. The number of anilines is 1. The van der Waals surface area contributed by atoms with Gasteiger partial charge in [-0.1, -0.05) is 6.07 Å². The molecule has 134 valence electrons. The van der Waals surface area contributed by atoms with E-state index in [0.29, 0.717) is 18.8 Å². The maximum absolute atomic E-state index is 12.9. The summed E-state index contributed by atoms with van der Waals surface area (Å²) in [5.41, 5.74) is 0.540. The first-order valence-electron chi connectivity index (χ1n) is 8.14. The van der Waals surface area contributed by atoms with Crippen molar-refractivity contribution >= 4 is 28.8 Å². The summed E-state index contributed by atoms with van der Waals surface area (Å²) in [4.78, 5) is 28.2. The first kappa shape index (κ1) is 19.1. The van der Waals surface area contributed by atoms with Crippen LogP contribution in [0.2, 0.25) is 0 Å². The topological polar surface area (TPSA) is 53.9 Å². The molecule has 2 aromatic rings. The van der Waals surface area contributed by atoms with Crippen LogP contribution in [0.1, 0.15) is 11.8 Å². The van der Waals surface area contributed by atoms with Crippen molar-refractivity contribution in [1.29, 1.82) is 0 Å². The summed E-state index contributed by atoms with van der Waals surface area (Å²) in [6, 6.07) is 9.57. The molecule has 2 amide bonds. The average Bonchev–Trinajstić information content (AvgIpc) is 3.07. The molecule has 0 saturated carbocycles. The lowest BCUT2D eigenvalue weighted by molar-refractivity contribution is -0.862. The zero-order valence-electron chi connectivity index (χ0n) is 14.4. The van der Waals surface area contributed by atoms with Gasteiger partial charge in [0, 0.05) is 17.1 Å². The lowest BCUT2D eigenvalue weighted by Gasteiger charge is -2.22. The Morgan fingerprint density at radius 1 is 1.20 bits per heavy atom. The molecule has 5 nitrogen and oxygen atoms in total. The number of nitrogens with one attached hydrogen (secondary N) is 2. The van der Waals surface area contributed by atoms with Crippen LogP contribution < -0.4 is 10.2 Å². The number of halogens is 1. The third-order valence-electron chi connectivity index (χ3n) is 3.70. The molecule has 2 N–H and O–H groups in total. The Morgan fingerprint density at radius 3 is 2.52 bits per heavy atom. The van der Waals surface area contributed by atoms with Crippen molar-refractivity contribution in [3.8, 4) is 0 Å². The molecule has 2 rings (SSSR count). The number of thiophene rings is 1. The van der Waals surface area contributed by atoms with Gasteiger partial charge in [-0.3, -0.25) is 9.59 Å². The van der Waals surface area contributed by atoms with E-state index in [9.17, 15) is 14.0 Å². The molecule has 1 aromatic carbocycles. The van der Waals surface area contributed by atoms with E-state index in [1.165, 1.54) is 24.3 Å². The second-order valence-electron chi connectivity index (χ2n) is 5.85. The van der Waals surface area contributed by atoms with Crippen LogP contribution in [0.4, 0.5) is 10.1 Å². The third-order valence-corrected chi connectivity index (χ3v) is 4.57. The van der Waals surface area contributed by atoms with Gasteiger partial charge in [-0.2, -0.15) is 0 Å². The molecule has 0 aliphatic carbocycles. The van der Waals surface area contributed by atoms with Crippen LogP contribution in [0.3, 0.4) is 0 Å². The van der Waals surface area contributed by atoms with E-state index in [2.05, 4.69) is 5.32 Å². The minimum atomic E-state index is -0.350. The molecule has 0 aliphatic heterocycles. The van der Waals surface area contributed by atoms with E-state index >= 15 is 0 Å². The molecule has 0 fully saturated rings. The smallest absolute Gasteiger partial charge is 0.279 e. The van der Waals surface area contributed by atoms with Crippen LogP contribution in [0, 0.1) is 5.82 Å². The van der Waals surface area contributed by atoms with Crippen molar-refractivity contribution in [3.63, 3.8) is 0 Å². The van der Waals surface area contributed by atoms with Gasteiger partial charge >= 0.3 is 0 Å². The predicted molar refractivity (Wildman–Crippen MR) is 97.1 cm³/mol. The number of amides is 2. The number of rotatable bonds is 8. The largest absolute Gasteiger partial charge is 0.333 e. The van der Waals surface area contributed by atoms with E-state index in [1.54, 1.807) is 23.3 Å². The first-order valence-corrected chi connectivity index (χ1v) is 9.02. The highest BCUT2D eigenvalue weighted by atomic mass is 32.1. The van der Waals surface area contributed by atoms with Crippen LogP contribution in [0.15, 0.2) is 41.8 Å². The highest BCUT2D eigenvalue weighted by Gasteiger charge is 2.19. The fraction of sp³-hybridized carbons (Fsp3) is 0.333. The van der Waals surface area contributed by atoms with Gasteiger partial charge in [-0.25, -0.2) is 4.39 Å². The Hall–Kier alpha value is -2.25. The second-order valence-corrected chi connectivity index (χ2v) is 6.89. The molecule has 0 bridgehead atoms. The van der Waals surface area contributed by atoms with Gasteiger partial charge in [0.05, 0.1) is 13.6 Å². The SMILES string of the molecule is CCN(Cc1cccs1)C(=O)C[NH+](C)CC(=O)Nc1ccc(F)cc1. The average molecular weight is 364 g/mol. The zero-order valence-corrected chi connectivity index (χ0v) is 15.2. The molecule has 0 aliphatic rings. The Balaban J connectivity index is 1.81. The van der Waals surface area contributed by atoms with E-state index in [4.69, 9.17) is 0 Å². The van der Waals surface area contributed by atoms with Crippen LogP contribution in [-0.4, -0.2) is 43.4 Å². The Morgan fingerprint density at radius 2 is 1.92 bits per heavy atom. The van der Waals surface area contributed by atoms with Crippen LogP contribution in [-0.2, 0) is 16.1 Å². The summed E-state index contributed by atoms with van der Waals surface area (Å²) in [7, 11) is 1.81. The number of likely N-dealkylation sites (N-methyl/N-ethyl adjacent to an activating group) is 2. The van der Waals surface area contributed by atoms with Crippen molar-refractivity contribution in [3.05, 3.63) is 52.5 Å². The molecule has 0 radical (unpaired) electrons. The van der Waals surface area contributed by atoms with Crippen molar-refractivity contribution in [1.82, 2.24) is 4.90 Å². The minimum Gasteiger partial charge on any atom is -0.333 e. The maximum Gasteiger partial charge on any atom is 0.279 e. The van der Waals surface area contributed by atoms with Gasteiger partial charge in [-0.15, -0.1) is 11.3 Å². The molecule has 25 heavy (non-hydrogen) atoms. The second kappa shape index (κ2) is 9.29. The monoisotopic (exact) mass is 364 g/mol. The van der Waals surface area contributed by atoms with Crippen molar-refractivity contribution in [2.75, 3.05) is 32.0 Å². The van der Waals surface area contributed by atoms with Gasteiger partial charge in [0.2, 0.25) is 0 Å². The number of hydrogen-bond donors (Lipinski definition) is 2. The highest BCUT2D eigenvalue weighted by Crippen LogP contribution is 2.11. The first-order chi connectivity index (χ1) is 12.0. The normalized spacial score (nSPS) is 11.8. The minimum absolute atomic E-state index is 0.0167. The lowest BCUT2D eigenvalue weighted by Crippen LogP contribution is -3.11. The molecule has 1 aromatic heterocycles. The van der Waals surface area contributed by atoms with Crippen LogP contribution >= 0.6 is 11.3 Å². The van der Waals surface area contributed by atoms with Crippen molar-refractivity contribution in [2.24, 2.45) is 0 Å². The van der Waals surface area contributed by atoms with Gasteiger partial charge < -0.3 is 15.1 Å². The molecular formula is C18H23FN3O2S+. The Kier molecular flexibility index (Phi) is 7.09. The van der Waals surface area contributed by atoms with Crippen LogP contribution in [0.5, 0.6) is 0 Å². The number of quaternary nitrogens is 1. The fourth-order valence-corrected chi connectivity index (χ4v) is 3.13. The molecule has 1 heterocycles. The van der Waals surface area contributed by atoms with Gasteiger partial charge in [0.15, 0.2) is 13.1 Å². The molecule has 1 atom stereocenters. The highest BCUT2D eigenvalue weighted by molar-refractivity contribution is 7.09. The number of benzene rings is 1. The molecule has 1 unspecified atom stereocenters. The molecule has 0 saturated heterocycles. The number of hydrogen-bond acceptors (Lipinski definition) is 3. The summed E-state index contributed by atoms with van der Waals surface area (Å²) in [5.74, 6) is -0.544. The molecular weight excluding hydrogens is 341 g/mol. The van der Waals surface area contributed by atoms with E-state index in [0.717, 1.165) is 9.78 Å². The van der Waals surface area contributed by atoms with Crippen LogP contribution in [0.25, 0.3) is 0 Å². The lowest BCUT2D eigenvalue weighted by atomic mass is 10.3. The standard InChI is InChI=1S/C18H22FN3O2S/c1-3-22(11-16-5-4-10-25-16)18(24)13-21(2)12-17(23)20-15-8-6-14(19)7-9-15/h4-10H,3,11-13H2,1-2H3,(H,20,23)/p+1. The van der Waals surface area contributed by atoms with Gasteiger partial charge in [0.1, 0.15) is 5.82 Å². The summed E-state index contributed by atoms with van der Waals surface area (Å²) >= 11 is 1.62. The fourth-order valence-electron chi connectivity index (χ4n) is 2.41. The van der Waals surface area contributed by atoms with E-state index in [1.807, 2.05) is 24.4 Å². The summed E-state index contributed by atoms with van der Waals surface area (Å²) in [6.07, 6.45) is 0. The third kappa shape index (κ3) is 6.28. The summed E-state index contributed by atoms with van der Waals surface area (Å²) in [6.45, 7) is 3.59. The maximum atomic E-state index is 12.9. The van der Waals surface area contributed by atoms with Gasteiger partial charge in [0.25, 0.3) is 11.8 Å². The Labute approximate surface area is 151 Å². The Bertz CT molecular complexity index is 689. The van der Waals surface area contributed by atoms with Gasteiger partial charge in [-0.05, 0) is 42.6 Å². The van der Waals surface area contributed by atoms with E-state index in [-0.39, 0.29) is 30.7 Å². The number of carbonyl (C=O) groups excluding carboxylic acids is 2. The zero-order chi connectivity index (χ0) is 18.2. The molecule has 0 spiro atoms. The predicted octanol–water partition coefficient (Wildman–Crippen LogP) is 1.39. The van der Waals surface area contributed by atoms with Crippen molar-refractivity contribution in [2.45, 2.75) is 13.5 Å². The quantitative estimate of drug-likeness (QED) is 0.744. The van der Waals surface area contributed by atoms with E-state index < -0.39 is 0 Å².